The molecular weight excluding hydrogens is 164 g/mol. The Balaban J connectivity index is 2.23. The first-order valence-electron chi connectivity index (χ1n) is 4.96. The van der Waals surface area contributed by atoms with Crippen LogP contribution in [0.15, 0.2) is 12.2 Å². The van der Waals surface area contributed by atoms with Gasteiger partial charge in [-0.05, 0) is 25.3 Å². The minimum atomic E-state index is -0.288. The number of hydrogen-bond acceptors (Lipinski definition) is 2. The Morgan fingerprint density at radius 3 is 2.77 bits per heavy atom. The van der Waals surface area contributed by atoms with E-state index >= 15 is 0 Å². The fraction of sp³-hybridized carbons (Fsp3) is 0.636. The van der Waals surface area contributed by atoms with Gasteiger partial charge in [-0.3, -0.25) is 9.59 Å². The van der Waals surface area contributed by atoms with Gasteiger partial charge in [0.15, 0.2) is 5.78 Å². The molecule has 1 atom stereocenters. The number of allylic oxidation sites excluding steroid dienone is 2. The molecule has 1 saturated carbocycles. The molecule has 1 fully saturated rings. The van der Waals surface area contributed by atoms with Crippen LogP contribution in [0.25, 0.3) is 0 Å². The lowest BCUT2D eigenvalue weighted by atomic mass is 9.66. The molecule has 2 heteroatoms. The van der Waals surface area contributed by atoms with Gasteiger partial charge in [0, 0.05) is 18.3 Å². The Kier molecular flexibility index (Phi) is 2.06. The van der Waals surface area contributed by atoms with Gasteiger partial charge in [-0.25, -0.2) is 0 Å². The summed E-state index contributed by atoms with van der Waals surface area (Å²) in [7, 11) is 0. The summed E-state index contributed by atoms with van der Waals surface area (Å²) in [6.07, 6.45) is 8.45. The molecule has 0 aliphatic heterocycles. The molecule has 2 aliphatic carbocycles. The Hall–Kier alpha value is -0.920. The second-order valence-electron chi connectivity index (χ2n) is 4.16. The Morgan fingerprint density at radius 2 is 2.08 bits per heavy atom. The summed E-state index contributed by atoms with van der Waals surface area (Å²) in [6.45, 7) is 0. The lowest BCUT2D eigenvalue weighted by Gasteiger charge is -2.35. The minimum Gasteiger partial charge on any atom is -0.299 e. The second kappa shape index (κ2) is 3.09. The van der Waals surface area contributed by atoms with E-state index in [1.54, 1.807) is 6.08 Å². The average Bonchev–Trinajstić information content (AvgIpc) is 2.11. The van der Waals surface area contributed by atoms with Crippen LogP contribution in [-0.2, 0) is 9.59 Å². The molecule has 0 saturated heterocycles. The first-order chi connectivity index (χ1) is 6.23. The van der Waals surface area contributed by atoms with Crippen LogP contribution in [0.1, 0.15) is 38.5 Å². The van der Waals surface area contributed by atoms with Crippen LogP contribution in [0.5, 0.6) is 0 Å². The minimum absolute atomic E-state index is 0.126. The fourth-order valence-electron chi connectivity index (χ4n) is 2.44. The van der Waals surface area contributed by atoms with Crippen LogP contribution >= 0.6 is 0 Å². The predicted molar refractivity (Wildman–Crippen MR) is 49.3 cm³/mol. The summed E-state index contributed by atoms with van der Waals surface area (Å²) in [5.74, 6) is 0.443. The fourth-order valence-corrected chi connectivity index (χ4v) is 2.44. The largest absolute Gasteiger partial charge is 0.299 e. The summed E-state index contributed by atoms with van der Waals surface area (Å²) in [6, 6.07) is 0. The van der Waals surface area contributed by atoms with Crippen molar-refractivity contribution in [3.8, 4) is 0 Å². The van der Waals surface area contributed by atoms with Gasteiger partial charge in [0.05, 0.1) is 0 Å². The van der Waals surface area contributed by atoms with Crippen molar-refractivity contribution in [3.05, 3.63) is 12.2 Å². The van der Waals surface area contributed by atoms with E-state index in [-0.39, 0.29) is 11.2 Å². The first-order valence-corrected chi connectivity index (χ1v) is 4.96. The van der Waals surface area contributed by atoms with Gasteiger partial charge in [-0.1, -0.05) is 12.5 Å². The van der Waals surface area contributed by atoms with Gasteiger partial charge < -0.3 is 0 Å². The molecule has 2 rings (SSSR count). The SMILES string of the molecule is O=C1C=CC[C@@]2(CCCCC2=O)C1. The highest BCUT2D eigenvalue weighted by Crippen LogP contribution is 2.41. The zero-order chi connectivity index (χ0) is 9.31. The third-order valence-electron chi connectivity index (χ3n) is 3.23. The van der Waals surface area contributed by atoms with E-state index in [2.05, 4.69) is 0 Å². The maximum absolute atomic E-state index is 11.7. The summed E-state index contributed by atoms with van der Waals surface area (Å²) in [5, 5.41) is 0. The van der Waals surface area contributed by atoms with Crippen molar-refractivity contribution in [2.45, 2.75) is 38.5 Å². The number of carbonyl (C=O) groups excluding carboxylic acids is 2. The molecule has 0 amide bonds. The summed E-state index contributed by atoms with van der Waals surface area (Å²) in [5.41, 5.74) is -0.288. The van der Waals surface area contributed by atoms with E-state index in [0.717, 1.165) is 25.7 Å². The van der Waals surface area contributed by atoms with Crippen LogP contribution in [0.3, 0.4) is 0 Å². The first kappa shape index (κ1) is 8.67. The molecule has 0 N–H and O–H groups in total. The van der Waals surface area contributed by atoms with E-state index < -0.39 is 0 Å². The number of rotatable bonds is 0. The summed E-state index contributed by atoms with van der Waals surface area (Å²) >= 11 is 0. The van der Waals surface area contributed by atoms with Crippen LogP contribution in [0, 0.1) is 5.41 Å². The van der Waals surface area contributed by atoms with Crippen molar-refractivity contribution in [2.24, 2.45) is 5.41 Å². The smallest absolute Gasteiger partial charge is 0.156 e. The lowest BCUT2D eigenvalue weighted by molar-refractivity contribution is -0.135. The van der Waals surface area contributed by atoms with Crippen molar-refractivity contribution >= 4 is 11.6 Å². The van der Waals surface area contributed by atoms with Crippen molar-refractivity contribution in [2.75, 3.05) is 0 Å². The van der Waals surface area contributed by atoms with Crippen LogP contribution in [-0.4, -0.2) is 11.6 Å². The molecule has 0 unspecified atom stereocenters. The molecule has 1 spiro atoms. The number of hydrogen-bond donors (Lipinski definition) is 0. The van der Waals surface area contributed by atoms with Crippen molar-refractivity contribution in [3.63, 3.8) is 0 Å². The standard InChI is InChI=1S/C11H14O2/c12-9-4-3-7-11(8-9)6-2-1-5-10(11)13/h3-4H,1-2,5-8H2/t11-/m0/s1. The van der Waals surface area contributed by atoms with Crippen molar-refractivity contribution < 1.29 is 9.59 Å². The second-order valence-corrected chi connectivity index (χ2v) is 4.16. The third kappa shape index (κ3) is 1.45. The van der Waals surface area contributed by atoms with Crippen molar-refractivity contribution in [1.82, 2.24) is 0 Å². The molecule has 13 heavy (non-hydrogen) atoms. The van der Waals surface area contributed by atoms with Crippen molar-refractivity contribution in [1.29, 1.82) is 0 Å². The zero-order valence-electron chi connectivity index (χ0n) is 7.71. The van der Waals surface area contributed by atoms with Crippen LogP contribution in [0.2, 0.25) is 0 Å². The van der Waals surface area contributed by atoms with E-state index in [1.807, 2.05) is 6.08 Å². The molecule has 0 heterocycles. The van der Waals surface area contributed by atoms with Gasteiger partial charge >= 0.3 is 0 Å². The van der Waals surface area contributed by atoms with Crippen LogP contribution < -0.4 is 0 Å². The highest BCUT2D eigenvalue weighted by atomic mass is 16.1. The lowest BCUT2D eigenvalue weighted by Crippen LogP contribution is -2.37. The maximum Gasteiger partial charge on any atom is 0.156 e. The predicted octanol–water partition coefficient (Wildman–Crippen LogP) is 2.04. The molecule has 2 aliphatic rings. The number of Topliss-reactive ketones (excluding diaryl/α,β-unsaturated/α-hetero) is 1. The highest BCUT2D eigenvalue weighted by Gasteiger charge is 2.41. The number of ketones is 2. The third-order valence-corrected chi connectivity index (χ3v) is 3.23. The van der Waals surface area contributed by atoms with Gasteiger partial charge in [0.2, 0.25) is 0 Å². The number of carbonyl (C=O) groups is 2. The van der Waals surface area contributed by atoms with Gasteiger partial charge in [0.1, 0.15) is 5.78 Å². The molecule has 0 aromatic heterocycles. The molecule has 0 bridgehead atoms. The van der Waals surface area contributed by atoms with E-state index in [0.29, 0.717) is 18.6 Å². The Labute approximate surface area is 78.0 Å². The van der Waals surface area contributed by atoms with Crippen LogP contribution in [0.4, 0.5) is 0 Å². The Bertz CT molecular complexity index is 278. The Morgan fingerprint density at radius 1 is 1.23 bits per heavy atom. The van der Waals surface area contributed by atoms with E-state index in [9.17, 15) is 9.59 Å². The van der Waals surface area contributed by atoms with E-state index in [1.165, 1.54) is 0 Å². The average molecular weight is 178 g/mol. The maximum atomic E-state index is 11.7. The van der Waals surface area contributed by atoms with Gasteiger partial charge in [-0.15, -0.1) is 0 Å². The summed E-state index contributed by atoms with van der Waals surface area (Å²) in [4.78, 5) is 23.0. The zero-order valence-corrected chi connectivity index (χ0v) is 7.71. The normalized spacial score (nSPS) is 34.2. The molecule has 70 valence electrons. The molecule has 0 aromatic carbocycles. The summed E-state index contributed by atoms with van der Waals surface area (Å²) < 4.78 is 0. The van der Waals surface area contributed by atoms with Gasteiger partial charge in [-0.2, -0.15) is 0 Å². The molecule has 2 nitrogen and oxygen atoms in total. The quantitative estimate of drug-likeness (QED) is 0.568. The van der Waals surface area contributed by atoms with E-state index in [4.69, 9.17) is 0 Å². The molecular formula is C11H14O2. The molecule has 0 aromatic rings. The molecule has 0 radical (unpaired) electrons. The topological polar surface area (TPSA) is 34.1 Å². The van der Waals surface area contributed by atoms with Gasteiger partial charge in [0.25, 0.3) is 0 Å². The monoisotopic (exact) mass is 178 g/mol. The highest BCUT2D eigenvalue weighted by molar-refractivity contribution is 5.97.